The molecule has 1 aromatic carbocycles. The molecule has 0 saturated carbocycles. The fraction of sp³-hybridized carbons (Fsp3) is 0.222. The van der Waals surface area contributed by atoms with Gasteiger partial charge in [0.25, 0.3) is 20.0 Å². The predicted octanol–water partition coefficient (Wildman–Crippen LogP) is 0.688. The molecule has 0 aromatic heterocycles. The molecule has 30 heavy (non-hydrogen) atoms. The molecule has 170 valence electrons. The molecule has 2 radical (unpaired) electrons. The molecule has 0 heterocycles. The van der Waals surface area contributed by atoms with Crippen LogP contribution >= 0.6 is 7.82 Å². The second-order valence-corrected chi connectivity index (χ2v) is 9.88. The maximum absolute atomic E-state index is 12.6. The van der Waals surface area contributed by atoms with Crippen molar-refractivity contribution < 1.29 is 71.4 Å². The van der Waals surface area contributed by atoms with E-state index in [4.69, 9.17) is 29.1 Å². The Hall–Kier alpha value is -1.72. The fourth-order valence-corrected chi connectivity index (χ4v) is 3.29. The Morgan fingerprint density at radius 1 is 1.03 bits per heavy atom. The molecule has 1 aromatic rings. The van der Waals surface area contributed by atoms with Gasteiger partial charge in [0.15, 0.2) is 0 Å². The van der Waals surface area contributed by atoms with Crippen molar-refractivity contribution in [1.29, 1.82) is 5.26 Å². The van der Waals surface area contributed by atoms with Crippen LogP contribution < -0.4 is 4.43 Å². The van der Waals surface area contributed by atoms with Gasteiger partial charge in [-0.1, -0.05) is 0 Å². The summed E-state index contributed by atoms with van der Waals surface area (Å²) < 4.78 is 141. The van der Waals surface area contributed by atoms with Crippen molar-refractivity contribution in [2.24, 2.45) is 0 Å². The van der Waals surface area contributed by atoms with Crippen molar-refractivity contribution in [2.45, 2.75) is 21.1 Å². The van der Waals surface area contributed by atoms with E-state index in [-0.39, 0.29) is 12.1 Å². The standard InChI is InChI=1S/C9H3F6NO6S2Si.H3O4P/c10-8(11,12)23(17,18)7-2-4(24(19,20)21)1-6(5(7)3-16)22-25-9(13,14)15;1-5(2,3)4/h1-2H,(H,19,20,21);(H3,1,2,3,4). The first kappa shape index (κ1) is 28.3. The Morgan fingerprint density at radius 3 is 1.77 bits per heavy atom. The van der Waals surface area contributed by atoms with Crippen LogP contribution in [0.1, 0.15) is 5.56 Å². The van der Waals surface area contributed by atoms with E-state index in [9.17, 15) is 43.2 Å². The molecule has 1 rings (SSSR count). The van der Waals surface area contributed by atoms with E-state index in [2.05, 4.69) is 4.43 Å². The number of halogens is 6. The first-order chi connectivity index (χ1) is 13.0. The third kappa shape index (κ3) is 8.96. The van der Waals surface area contributed by atoms with Crippen LogP contribution in [0.25, 0.3) is 0 Å². The molecule has 0 saturated heterocycles. The average Bonchev–Trinajstić information content (AvgIpc) is 2.47. The lowest BCUT2D eigenvalue weighted by atomic mass is 10.2. The highest BCUT2D eigenvalue weighted by Gasteiger charge is 2.49. The lowest BCUT2D eigenvalue weighted by Crippen LogP contribution is -2.26. The molecular weight excluding hydrogens is 519 g/mol. The predicted molar refractivity (Wildman–Crippen MR) is 80.9 cm³/mol. The van der Waals surface area contributed by atoms with E-state index in [0.717, 1.165) is 6.07 Å². The second-order valence-electron chi connectivity index (χ2n) is 4.55. The number of sulfone groups is 1. The highest BCUT2D eigenvalue weighted by Crippen LogP contribution is 2.37. The first-order valence-electron chi connectivity index (χ1n) is 6.16. The largest absolute Gasteiger partial charge is 0.532 e. The lowest BCUT2D eigenvalue weighted by Gasteiger charge is -2.15. The van der Waals surface area contributed by atoms with E-state index in [1.807, 2.05) is 0 Å². The summed E-state index contributed by atoms with van der Waals surface area (Å²) in [6.45, 7) is 0. The molecule has 21 heteroatoms. The van der Waals surface area contributed by atoms with Gasteiger partial charge in [0, 0.05) is 6.07 Å². The highest BCUT2D eigenvalue weighted by atomic mass is 32.2. The summed E-state index contributed by atoms with van der Waals surface area (Å²) in [6.07, 6.45) is 0. The molecule has 0 spiro atoms. The van der Waals surface area contributed by atoms with Gasteiger partial charge in [0.05, 0.1) is 9.79 Å². The lowest BCUT2D eigenvalue weighted by molar-refractivity contribution is -0.0548. The molecule has 0 atom stereocenters. The van der Waals surface area contributed by atoms with Crippen molar-refractivity contribution >= 4 is 37.5 Å². The number of benzene rings is 1. The van der Waals surface area contributed by atoms with Gasteiger partial charge in [-0.2, -0.15) is 40.0 Å². The molecule has 4 N–H and O–H groups in total. The van der Waals surface area contributed by atoms with Gasteiger partial charge in [-0.05, 0) is 6.07 Å². The van der Waals surface area contributed by atoms with E-state index < -0.39 is 70.0 Å². The van der Waals surface area contributed by atoms with Crippen LogP contribution in [0.2, 0.25) is 0 Å². The minimum Gasteiger partial charge on any atom is -0.532 e. The van der Waals surface area contributed by atoms with Gasteiger partial charge in [-0.15, -0.1) is 0 Å². The minimum absolute atomic E-state index is 0.0992. The monoisotopic (exact) mass is 525 g/mol. The van der Waals surface area contributed by atoms with Crippen molar-refractivity contribution in [3.63, 3.8) is 0 Å². The third-order valence-corrected chi connectivity index (χ3v) is 5.22. The van der Waals surface area contributed by atoms with Crippen LogP contribution in [-0.4, -0.2) is 57.1 Å². The van der Waals surface area contributed by atoms with Crippen molar-refractivity contribution in [2.75, 3.05) is 0 Å². The fourth-order valence-electron chi connectivity index (χ4n) is 1.35. The summed E-state index contributed by atoms with van der Waals surface area (Å²) in [5.41, 5.74) is -7.50. The number of hydrogen-bond donors (Lipinski definition) is 4. The Labute approximate surface area is 165 Å². The molecule has 0 aliphatic rings. The third-order valence-electron chi connectivity index (χ3n) is 2.32. The van der Waals surface area contributed by atoms with Gasteiger partial charge >= 0.3 is 28.9 Å². The molecule has 0 amide bonds. The topological polar surface area (TPSA) is 199 Å². The summed E-state index contributed by atoms with van der Waals surface area (Å²) >= 11 is 0. The molecule has 0 unspecified atom stereocenters. The van der Waals surface area contributed by atoms with Crippen molar-refractivity contribution in [1.82, 2.24) is 0 Å². The van der Waals surface area contributed by atoms with Crippen LogP contribution in [0.5, 0.6) is 5.75 Å². The van der Waals surface area contributed by atoms with E-state index in [0.29, 0.717) is 0 Å². The number of nitrogens with zero attached hydrogens (tertiary/aromatic N) is 1. The second kappa shape index (κ2) is 9.19. The van der Waals surface area contributed by atoms with Gasteiger partial charge in [-0.3, -0.25) is 4.55 Å². The summed E-state index contributed by atoms with van der Waals surface area (Å²) in [7, 11) is -18.7. The number of nitriles is 1. The summed E-state index contributed by atoms with van der Waals surface area (Å²) in [6, 6.07) is 0.805. The molecule has 0 fully saturated rings. The number of phosphoric acid groups is 1. The van der Waals surface area contributed by atoms with Crippen molar-refractivity contribution in [3.8, 4) is 11.8 Å². The van der Waals surface area contributed by atoms with Crippen LogP contribution in [-0.2, 0) is 24.5 Å². The SMILES string of the molecule is N#Cc1c(O[Si]C(F)(F)F)cc(S(=O)(=O)O)cc1S(=O)(=O)C(F)(F)F.O=P(O)(O)O. The average molecular weight is 525 g/mol. The molecule has 0 aliphatic carbocycles. The number of hydrogen-bond acceptors (Lipinski definition) is 7. The Kier molecular flexibility index (Phi) is 8.66. The van der Waals surface area contributed by atoms with Gasteiger partial charge in [-0.25, -0.2) is 13.0 Å². The summed E-state index contributed by atoms with van der Waals surface area (Å²) in [5, 5.41) is 8.80. The smallest absolute Gasteiger partial charge is 0.501 e. The minimum atomic E-state index is -6.33. The first-order valence-corrected chi connectivity index (χ1v) is 11.6. The normalized spacial score (nSPS) is 13.1. The maximum atomic E-state index is 12.6. The quantitative estimate of drug-likeness (QED) is 0.187. The summed E-state index contributed by atoms with van der Waals surface area (Å²) in [4.78, 5) is 18.1. The zero-order valence-corrected chi connectivity index (χ0v) is 16.9. The van der Waals surface area contributed by atoms with Crippen LogP contribution in [0.4, 0.5) is 26.3 Å². The highest BCUT2D eigenvalue weighted by molar-refractivity contribution is 7.92. The van der Waals surface area contributed by atoms with Gasteiger partial charge in [0.2, 0.25) is 0 Å². The van der Waals surface area contributed by atoms with Crippen LogP contribution in [0, 0.1) is 11.3 Å². The molecular formula is C9H6F6NO10PS2Si. The molecule has 11 nitrogen and oxygen atoms in total. The van der Waals surface area contributed by atoms with Crippen LogP contribution in [0.15, 0.2) is 21.9 Å². The zero-order valence-electron chi connectivity index (χ0n) is 13.4. The Bertz CT molecular complexity index is 1080. The van der Waals surface area contributed by atoms with Gasteiger partial charge in [0.1, 0.15) is 17.4 Å². The summed E-state index contributed by atoms with van der Waals surface area (Å²) in [5.74, 6) is -6.42. The number of rotatable bonds is 4. The van der Waals surface area contributed by atoms with Gasteiger partial charge < -0.3 is 19.1 Å². The van der Waals surface area contributed by atoms with E-state index in [1.165, 1.54) is 0 Å². The number of alkyl halides is 6. The van der Waals surface area contributed by atoms with Crippen molar-refractivity contribution in [3.05, 3.63) is 17.7 Å². The zero-order chi connectivity index (χ0) is 24.3. The Balaban J connectivity index is 0.00000150. The van der Waals surface area contributed by atoms with Crippen LogP contribution in [0.3, 0.4) is 0 Å². The van der Waals surface area contributed by atoms with E-state index in [1.54, 1.807) is 0 Å². The molecule has 0 aliphatic heterocycles. The maximum Gasteiger partial charge on any atom is 0.501 e. The van der Waals surface area contributed by atoms with E-state index >= 15 is 0 Å². The molecule has 0 bridgehead atoms. The Morgan fingerprint density at radius 2 is 1.47 bits per heavy atom.